The summed E-state index contributed by atoms with van der Waals surface area (Å²) in [7, 11) is 3.89. The topological polar surface area (TPSA) is 45.0 Å². The van der Waals surface area contributed by atoms with Crippen molar-refractivity contribution in [1.82, 2.24) is 9.80 Å². The average Bonchev–Trinajstić information content (AvgIpc) is 2.62. The van der Waals surface area contributed by atoms with Crippen LogP contribution in [-0.4, -0.2) is 69.3 Å². The zero-order chi connectivity index (χ0) is 18.0. The lowest BCUT2D eigenvalue weighted by molar-refractivity contribution is 0.0982. The molecule has 2 saturated heterocycles. The van der Waals surface area contributed by atoms with Gasteiger partial charge in [-0.3, -0.25) is 4.90 Å². The molecule has 0 aliphatic carbocycles. The Balaban J connectivity index is 1.71. The van der Waals surface area contributed by atoms with Crippen LogP contribution in [0.25, 0.3) is 5.57 Å². The van der Waals surface area contributed by atoms with E-state index in [1.807, 2.05) is 13.0 Å². The molecule has 0 amide bonds. The van der Waals surface area contributed by atoms with Crippen molar-refractivity contribution < 1.29 is 4.74 Å². The number of ether oxygens (including phenoxy) is 1. The summed E-state index contributed by atoms with van der Waals surface area (Å²) in [6.07, 6.45) is 2.43. The lowest BCUT2D eigenvalue weighted by Gasteiger charge is -2.43. The van der Waals surface area contributed by atoms with E-state index in [2.05, 4.69) is 34.4 Å². The molecule has 0 saturated carbocycles. The van der Waals surface area contributed by atoms with Gasteiger partial charge in [-0.2, -0.15) is 0 Å². The van der Waals surface area contributed by atoms with Crippen molar-refractivity contribution in [3.63, 3.8) is 0 Å². The molecule has 5 nitrogen and oxygen atoms in total. The molecular formula is C20H32N4O. The number of hydrogen-bond donors (Lipinski definition) is 1. The molecule has 2 aliphatic rings. The zero-order valence-corrected chi connectivity index (χ0v) is 15.9. The number of piperazine rings is 1. The van der Waals surface area contributed by atoms with E-state index in [0.717, 1.165) is 30.0 Å². The molecule has 0 aromatic heterocycles. The van der Waals surface area contributed by atoms with E-state index in [1.165, 1.54) is 44.7 Å². The molecule has 138 valence electrons. The van der Waals surface area contributed by atoms with Crippen LogP contribution in [0.3, 0.4) is 0 Å². The summed E-state index contributed by atoms with van der Waals surface area (Å²) >= 11 is 0. The van der Waals surface area contributed by atoms with Crippen molar-refractivity contribution in [3.05, 3.63) is 24.3 Å². The highest BCUT2D eigenvalue weighted by Crippen LogP contribution is 2.36. The van der Waals surface area contributed by atoms with Crippen LogP contribution in [-0.2, 0) is 0 Å². The summed E-state index contributed by atoms with van der Waals surface area (Å²) in [5.74, 6) is 0.751. The fraction of sp³-hybridized carbons (Fsp3) is 0.600. The predicted molar refractivity (Wildman–Crippen MR) is 106 cm³/mol. The van der Waals surface area contributed by atoms with Crippen molar-refractivity contribution in [2.24, 2.45) is 0 Å². The number of piperidine rings is 1. The molecule has 2 heterocycles. The number of nitrogens with two attached hydrogens (primary N) is 1. The van der Waals surface area contributed by atoms with Gasteiger partial charge in [0.15, 0.2) is 0 Å². The number of nitrogens with zero attached hydrogens (tertiary/aromatic N) is 3. The first-order valence-electron chi connectivity index (χ1n) is 9.30. The van der Waals surface area contributed by atoms with E-state index >= 15 is 0 Å². The molecule has 0 bridgehead atoms. The largest absolute Gasteiger partial charge is 0.495 e. The molecule has 2 N–H and O–H groups in total. The van der Waals surface area contributed by atoms with Crippen LogP contribution >= 0.6 is 0 Å². The summed E-state index contributed by atoms with van der Waals surface area (Å²) in [6, 6.07) is 4.80. The Labute approximate surface area is 152 Å². The summed E-state index contributed by atoms with van der Waals surface area (Å²) in [6.45, 7) is 13.1. The third-order valence-corrected chi connectivity index (χ3v) is 5.67. The van der Waals surface area contributed by atoms with Crippen molar-refractivity contribution in [3.8, 4) is 5.75 Å². The van der Waals surface area contributed by atoms with Crippen molar-refractivity contribution >= 4 is 16.9 Å². The van der Waals surface area contributed by atoms with Crippen molar-refractivity contribution in [1.29, 1.82) is 0 Å². The fourth-order valence-electron chi connectivity index (χ4n) is 4.03. The summed E-state index contributed by atoms with van der Waals surface area (Å²) in [5.41, 5.74) is 10.2. The third-order valence-electron chi connectivity index (χ3n) is 5.67. The van der Waals surface area contributed by atoms with Gasteiger partial charge in [0.1, 0.15) is 5.75 Å². The number of allylic oxidation sites excluding steroid dienone is 1. The highest BCUT2D eigenvalue weighted by molar-refractivity contribution is 5.80. The van der Waals surface area contributed by atoms with E-state index in [-0.39, 0.29) is 0 Å². The molecule has 0 radical (unpaired) electrons. The summed E-state index contributed by atoms with van der Waals surface area (Å²) < 4.78 is 5.44. The van der Waals surface area contributed by atoms with E-state index in [9.17, 15) is 0 Å². The van der Waals surface area contributed by atoms with Gasteiger partial charge in [-0.05, 0) is 38.5 Å². The van der Waals surface area contributed by atoms with Crippen LogP contribution in [0.15, 0.2) is 18.7 Å². The number of benzene rings is 1. The minimum atomic E-state index is 0.677. The van der Waals surface area contributed by atoms with Crippen LogP contribution in [0.4, 0.5) is 11.4 Å². The molecular weight excluding hydrogens is 312 g/mol. The Hall–Kier alpha value is -1.72. The Bertz CT molecular complexity index is 614. The van der Waals surface area contributed by atoms with E-state index in [4.69, 9.17) is 10.5 Å². The maximum Gasteiger partial charge on any atom is 0.143 e. The number of anilines is 2. The first-order chi connectivity index (χ1) is 12.0. The molecule has 2 fully saturated rings. The van der Waals surface area contributed by atoms with Gasteiger partial charge in [0.2, 0.25) is 0 Å². The fourth-order valence-corrected chi connectivity index (χ4v) is 4.03. The van der Waals surface area contributed by atoms with Crippen LogP contribution in [0, 0.1) is 0 Å². The third kappa shape index (κ3) is 3.93. The molecule has 3 rings (SSSR count). The van der Waals surface area contributed by atoms with Gasteiger partial charge in [0.25, 0.3) is 0 Å². The maximum absolute atomic E-state index is 6.10. The summed E-state index contributed by atoms with van der Waals surface area (Å²) in [5, 5.41) is 0. The first-order valence-corrected chi connectivity index (χ1v) is 9.30. The Morgan fingerprint density at radius 1 is 1.12 bits per heavy atom. The zero-order valence-electron chi connectivity index (χ0n) is 15.9. The molecule has 25 heavy (non-hydrogen) atoms. The average molecular weight is 345 g/mol. The van der Waals surface area contributed by atoms with Gasteiger partial charge < -0.3 is 20.3 Å². The van der Waals surface area contributed by atoms with Gasteiger partial charge in [-0.25, -0.2) is 0 Å². The maximum atomic E-state index is 6.10. The minimum Gasteiger partial charge on any atom is -0.495 e. The van der Waals surface area contributed by atoms with Gasteiger partial charge in [0, 0.05) is 62.6 Å². The molecule has 0 spiro atoms. The molecule has 2 aliphatic heterocycles. The molecule has 0 atom stereocenters. The van der Waals surface area contributed by atoms with E-state index in [1.54, 1.807) is 7.11 Å². The highest BCUT2D eigenvalue weighted by atomic mass is 16.5. The van der Waals surface area contributed by atoms with Gasteiger partial charge >= 0.3 is 0 Å². The molecule has 1 aromatic rings. The first kappa shape index (κ1) is 18.1. The lowest BCUT2D eigenvalue weighted by atomic mass is 9.98. The summed E-state index contributed by atoms with van der Waals surface area (Å²) in [4.78, 5) is 7.57. The Morgan fingerprint density at radius 3 is 2.32 bits per heavy atom. The Kier molecular flexibility index (Phi) is 5.54. The molecule has 0 unspecified atom stereocenters. The monoisotopic (exact) mass is 344 g/mol. The normalized spacial score (nSPS) is 20.7. The minimum absolute atomic E-state index is 0.677. The van der Waals surface area contributed by atoms with Crippen LogP contribution in [0.5, 0.6) is 5.75 Å². The number of nitrogen functional groups attached to an aromatic ring is 1. The lowest BCUT2D eigenvalue weighted by Crippen LogP contribution is -2.52. The smallest absolute Gasteiger partial charge is 0.143 e. The van der Waals surface area contributed by atoms with Crippen LogP contribution in [0.2, 0.25) is 0 Å². The number of hydrogen-bond acceptors (Lipinski definition) is 5. The van der Waals surface area contributed by atoms with E-state index in [0.29, 0.717) is 11.7 Å². The second kappa shape index (κ2) is 7.67. The number of likely N-dealkylation sites (N-methyl/N-ethyl adjacent to an activating group) is 1. The number of methoxy groups -OCH3 is 1. The second-order valence-electron chi connectivity index (χ2n) is 7.45. The van der Waals surface area contributed by atoms with Crippen LogP contribution in [0.1, 0.15) is 25.3 Å². The molecule has 1 aromatic carbocycles. The quantitative estimate of drug-likeness (QED) is 0.851. The van der Waals surface area contributed by atoms with Crippen molar-refractivity contribution in [2.75, 3.05) is 64.1 Å². The predicted octanol–water partition coefficient (Wildman–Crippen LogP) is 2.53. The van der Waals surface area contributed by atoms with Crippen LogP contribution < -0.4 is 15.4 Å². The second-order valence-corrected chi connectivity index (χ2v) is 7.45. The SMILES string of the molecule is C=C(C)c1cc(N)c(OC)cc1N1CCC(N2CCN(C)CC2)CC1. The number of rotatable bonds is 4. The highest BCUT2D eigenvalue weighted by Gasteiger charge is 2.27. The van der Waals surface area contributed by atoms with E-state index < -0.39 is 0 Å². The van der Waals surface area contributed by atoms with Gasteiger partial charge in [-0.1, -0.05) is 6.58 Å². The molecule has 5 heteroatoms. The standard InChI is InChI=1S/C20H32N4O/c1-15(2)17-13-18(21)20(25-4)14-19(17)24-7-5-16(6-8-24)23-11-9-22(3)10-12-23/h13-14,16H,1,5-12,21H2,2-4H3. The Morgan fingerprint density at radius 2 is 1.76 bits per heavy atom. The van der Waals surface area contributed by atoms with Gasteiger partial charge in [0.05, 0.1) is 12.8 Å². The van der Waals surface area contributed by atoms with Crippen molar-refractivity contribution in [2.45, 2.75) is 25.8 Å². The van der Waals surface area contributed by atoms with Gasteiger partial charge in [-0.15, -0.1) is 0 Å².